The fourth-order valence-electron chi connectivity index (χ4n) is 2.13. The molecule has 0 aromatic heterocycles. The highest BCUT2D eigenvalue weighted by Crippen LogP contribution is 2.25. The lowest BCUT2D eigenvalue weighted by Crippen LogP contribution is -2.43. The van der Waals surface area contributed by atoms with Crippen molar-refractivity contribution < 1.29 is 8.42 Å². The Morgan fingerprint density at radius 2 is 2.19 bits per heavy atom. The van der Waals surface area contributed by atoms with Crippen molar-refractivity contribution in [1.82, 2.24) is 0 Å². The summed E-state index contributed by atoms with van der Waals surface area (Å²) in [5.74, 6) is 0.274. The molecule has 0 bridgehead atoms. The second-order valence-electron chi connectivity index (χ2n) is 4.51. The highest BCUT2D eigenvalue weighted by molar-refractivity contribution is 7.91. The van der Waals surface area contributed by atoms with Gasteiger partial charge >= 0.3 is 0 Å². The van der Waals surface area contributed by atoms with Gasteiger partial charge in [0.25, 0.3) is 0 Å². The standard InChI is InChI=1S/C11H14ClNO2S/c12-10-3-1-2-9(6-10)7-11(13)4-5-16(14,15)8-11/h1-3,6H,4-5,7-8,13H2. The lowest BCUT2D eigenvalue weighted by Gasteiger charge is -2.21. The maximum atomic E-state index is 11.4. The zero-order chi connectivity index (χ0) is 11.8. The zero-order valence-electron chi connectivity index (χ0n) is 8.82. The number of sulfone groups is 1. The van der Waals surface area contributed by atoms with Crippen LogP contribution in [-0.4, -0.2) is 25.5 Å². The first-order chi connectivity index (χ1) is 7.39. The molecule has 88 valence electrons. The molecule has 1 saturated heterocycles. The highest BCUT2D eigenvalue weighted by Gasteiger charge is 2.38. The molecule has 1 unspecified atom stereocenters. The SMILES string of the molecule is NC1(Cc2cccc(Cl)c2)CCS(=O)(=O)C1. The third-order valence-electron chi connectivity index (χ3n) is 2.86. The molecular weight excluding hydrogens is 246 g/mol. The maximum absolute atomic E-state index is 11.4. The summed E-state index contributed by atoms with van der Waals surface area (Å²) in [6.45, 7) is 0. The Morgan fingerprint density at radius 1 is 1.44 bits per heavy atom. The molecule has 1 aromatic carbocycles. The summed E-state index contributed by atoms with van der Waals surface area (Å²) in [5, 5.41) is 0.655. The van der Waals surface area contributed by atoms with Gasteiger partial charge in [0.2, 0.25) is 0 Å². The molecule has 2 N–H and O–H groups in total. The summed E-state index contributed by atoms with van der Waals surface area (Å²) < 4.78 is 22.8. The van der Waals surface area contributed by atoms with E-state index in [1.807, 2.05) is 18.2 Å². The van der Waals surface area contributed by atoms with Crippen molar-refractivity contribution >= 4 is 21.4 Å². The van der Waals surface area contributed by atoms with Crippen LogP contribution in [0.4, 0.5) is 0 Å². The Morgan fingerprint density at radius 3 is 2.75 bits per heavy atom. The molecule has 1 aliphatic rings. The van der Waals surface area contributed by atoms with Gasteiger partial charge in [0.05, 0.1) is 11.5 Å². The average Bonchev–Trinajstić information content (AvgIpc) is 2.40. The van der Waals surface area contributed by atoms with E-state index in [1.54, 1.807) is 6.07 Å². The number of hydrogen-bond donors (Lipinski definition) is 1. The predicted octanol–water partition coefficient (Wildman–Crippen LogP) is 1.40. The van der Waals surface area contributed by atoms with E-state index in [2.05, 4.69) is 0 Å². The summed E-state index contributed by atoms with van der Waals surface area (Å²) in [4.78, 5) is 0. The molecule has 1 heterocycles. The van der Waals surface area contributed by atoms with Crippen LogP contribution in [0.5, 0.6) is 0 Å². The summed E-state index contributed by atoms with van der Waals surface area (Å²) in [6, 6.07) is 7.40. The number of nitrogens with two attached hydrogens (primary N) is 1. The van der Waals surface area contributed by atoms with Gasteiger partial charge in [-0.05, 0) is 30.5 Å². The van der Waals surface area contributed by atoms with Crippen LogP contribution in [0.3, 0.4) is 0 Å². The van der Waals surface area contributed by atoms with Crippen LogP contribution in [0.2, 0.25) is 5.02 Å². The van der Waals surface area contributed by atoms with Crippen molar-refractivity contribution in [2.45, 2.75) is 18.4 Å². The summed E-state index contributed by atoms with van der Waals surface area (Å²) in [5.41, 5.74) is 6.47. The van der Waals surface area contributed by atoms with Crippen molar-refractivity contribution in [2.75, 3.05) is 11.5 Å². The quantitative estimate of drug-likeness (QED) is 0.873. The highest BCUT2D eigenvalue weighted by atomic mass is 35.5. The molecule has 0 aliphatic carbocycles. The van der Waals surface area contributed by atoms with Crippen molar-refractivity contribution in [3.63, 3.8) is 0 Å². The minimum Gasteiger partial charge on any atom is -0.324 e. The third-order valence-corrected chi connectivity index (χ3v) is 4.94. The van der Waals surface area contributed by atoms with Gasteiger partial charge in [0, 0.05) is 10.6 Å². The Bertz CT molecular complexity index is 500. The molecule has 1 aromatic rings. The molecule has 0 spiro atoms. The van der Waals surface area contributed by atoms with Gasteiger partial charge in [-0.15, -0.1) is 0 Å². The van der Waals surface area contributed by atoms with Crippen molar-refractivity contribution in [1.29, 1.82) is 0 Å². The molecular formula is C11H14ClNO2S. The summed E-state index contributed by atoms with van der Waals surface area (Å²) in [7, 11) is -2.94. The molecule has 0 amide bonds. The molecule has 2 rings (SSSR count). The topological polar surface area (TPSA) is 60.2 Å². The van der Waals surface area contributed by atoms with E-state index >= 15 is 0 Å². The van der Waals surface area contributed by atoms with Gasteiger partial charge in [-0.3, -0.25) is 0 Å². The lowest BCUT2D eigenvalue weighted by molar-refractivity contribution is 0.476. The van der Waals surface area contributed by atoms with Crippen molar-refractivity contribution in [2.24, 2.45) is 5.73 Å². The second kappa shape index (κ2) is 4.02. The van der Waals surface area contributed by atoms with E-state index in [4.69, 9.17) is 17.3 Å². The number of halogens is 1. The minimum atomic E-state index is -2.94. The van der Waals surface area contributed by atoms with Gasteiger partial charge in [-0.2, -0.15) is 0 Å². The average molecular weight is 260 g/mol. The maximum Gasteiger partial charge on any atom is 0.152 e. The Hall–Kier alpha value is -0.580. The van der Waals surface area contributed by atoms with Crippen LogP contribution in [0.25, 0.3) is 0 Å². The first-order valence-corrected chi connectivity index (χ1v) is 7.32. The molecule has 16 heavy (non-hydrogen) atoms. The van der Waals surface area contributed by atoms with Gasteiger partial charge in [-0.1, -0.05) is 23.7 Å². The van der Waals surface area contributed by atoms with Crippen molar-refractivity contribution in [3.8, 4) is 0 Å². The number of benzene rings is 1. The van der Waals surface area contributed by atoms with E-state index in [0.717, 1.165) is 5.56 Å². The van der Waals surface area contributed by atoms with Gasteiger partial charge in [0.15, 0.2) is 9.84 Å². The van der Waals surface area contributed by atoms with E-state index in [-0.39, 0.29) is 11.5 Å². The molecule has 0 radical (unpaired) electrons. The first kappa shape index (κ1) is 11.9. The lowest BCUT2D eigenvalue weighted by atomic mass is 9.91. The first-order valence-electron chi connectivity index (χ1n) is 5.12. The summed E-state index contributed by atoms with van der Waals surface area (Å²) >= 11 is 5.87. The Balaban J connectivity index is 2.16. The van der Waals surface area contributed by atoms with Crippen LogP contribution in [0.1, 0.15) is 12.0 Å². The molecule has 1 fully saturated rings. The Labute approximate surface area is 101 Å². The van der Waals surface area contributed by atoms with Crippen LogP contribution in [0, 0.1) is 0 Å². The van der Waals surface area contributed by atoms with E-state index in [9.17, 15) is 8.42 Å². The molecule has 1 aliphatic heterocycles. The predicted molar refractivity (Wildman–Crippen MR) is 65.3 cm³/mol. The fourth-order valence-corrected chi connectivity index (χ4v) is 4.33. The van der Waals surface area contributed by atoms with Gasteiger partial charge < -0.3 is 5.73 Å². The molecule has 1 atom stereocenters. The monoisotopic (exact) mass is 259 g/mol. The largest absolute Gasteiger partial charge is 0.324 e. The molecule has 3 nitrogen and oxygen atoms in total. The summed E-state index contributed by atoms with van der Waals surface area (Å²) in [6.07, 6.45) is 1.09. The van der Waals surface area contributed by atoms with Gasteiger partial charge in [-0.25, -0.2) is 8.42 Å². The van der Waals surface area contributed by atoms with E-state index in [1.165, 1.54) is 0 Å². The van der Waals surface area contributed by atoms with Crippen molar-refractivity contribution in [3.05, 3.63) is 34.9 Å². The zero-order valence-corrected chi connectivity index (χ0v) is 10.4. The van der Waals surface area contributed by atoms with Gasteiger partial charge in [0.1, 0.15) is 0 Å². The molecule has 0 saturated carbocycles. The Kier molecular flexibility index (Phi) is 2.99. The van der Waals surface area contributed by atoms with Crippen LogP contribution in [-0.2, 0) is 16.3 Å². The minimum absolute atomic E-state index is 0.0759. The van der Waals surface area contributed by atoms with Crippen LogP contribution >= 0.6 is 11.6 Å². The fraction of sp³-hybridized carbons (Fsp3) is 0.455. The van der Waals surface area contributed by atoms with Crippen LogP contribution in [0.15, 0.2) is 24.3 Å². The van der Waals surface area contributed by atoms with Crippen LogP contribution < -0.4 is 5.73 Å². The number of hydrogen-bond acceptors (Lipinski definition) is 3. The van der Waals surface area contributed by atoms with E-state index in [0.29, 0.717) is 17.9 Å². The van der Waals surface area contributed by atoms with E-state index < -0.39 is 15.4 Å². The third kappa shape index (κ3) is 2.75. The second-order valence-corrected chi connectivity index (χ2v) is 7.13. The molecule has 5 heteroatoms. The normalized spacial score (nSPS) is 28.1. The smallest absolute Gasteiger partial charge is 0.152 e. The number of rotatable bonds is 2.